The molecule has 0 saturated heterocycles. The molecular weight excluding hydrogens is 372 g/mol. The minimum absolute atomic E-state index is 0.158. The zero-order chi connectivity index (χ0) is 22.1. The largest absolute Gasteiger partial charge is 0.393 e. The van der Waals surface area contributed by atoms with Gasteiger partial charge in [-0.2, -0.15) is 0 Å². The van der Waals surface area contributed by atoms with Gasteiger partial charge in [0.25, 0.3) is 0 Å². The zero-order valence-electron chi connectivity index (χ0n) is 20.0. The maximum absolute atomic E-state index is 10.5. The van der Waals surface area contributed by atoms with Crippen molar-refractivity contribution in [2.75, 3.05) is 0 Å². The monoisotopic (exact) mass is 418 g/mol. The predicted octanol–water partition coefficient (Wildman–Crippen LogP) is 5.78. The first-order valence-corrected chi connectivity index (χ1v) is 12.5. The van der Waals surface area contributed by atoms with Gasteiger partial charge in [-0.1, -0.05) is 44.1 Å². The van der Waals surface area contributed by atoms with Gasteiger partial charge in [-0.15, -0.1) is 0 Å². The molecule has 30 heavy (non-hydrogen) atoms. The van der Waals surface area contributed by atoms with E-state index in [2.05, 4.69) is 32.9 Å². The van der Waals surface area contributed by atoms with Gasteiger partial charge in [0.1, 0.15) is 0 Å². The van der Waals surface area contributed by atoms with Crippen molar-refractivity contribution in [2.24, 2.45) is 29.1 Å². The van der Waals surface area contributed by atoms with Gasteiger partial charge in [0.05, 0.1) is 17.8 Å². The Kier molecular flexibility index (Phi) is 7.58. The van der Waals surface area contributed by atoms with Gasteiger partial charge in [0.2, 0.25) is 0 Å². The maximum Gasteiger partial charge on any atom is 0.0616 e. The summed E-state index contributed by atoms with van der Waals surface area (Å²) in [6.07, 6.45) is 14.6. The van der Waals surface area contributed by atoms with E-state index < -0.39 is 11.7 Å². The molecule has 3 saturated carbocycles. The van der Waals surface area contributed by atoms with Crippen LogP contribution >= 0.6 is 0 Å². The van der Waals surface area contributed by atoms with E-state index in [1.165, 1.54) is 37.7 Å². The summed E-state index contributed by atoms with van der Waals surface area (Å²) in [6, 6.07) is 0. The Balaban J connectivity index is 1.70. The number of fused-ring (bicyclic) bond motifs is 1. The molecule has 3 N–H and O–H groups in total. The molecule has 0 heterocycles. The summed E-state index contributed by atoms with van der Waals surface area (Å²) in [6.45, 7) is 10.7. The van der Waals surface area contributed by atoms with Gasteiger partial charge in [-0.05, 0) is 101 Å². The summed E-state index contributed by atoms with van der Waals surface area (Å²) in [5.74, 6) is 2.37. The van der Waals surface area contributed by atoms with Crippen LogP contribution in [0.3, 0.4) is 0 Å². The molecule has 3 rings (SSSR count). The summed E-state index contributed by atoms with van der Waals surface area (Å²) < 4.78 is 0. The van der Waals surface area contributed by atoms with Crippen LogP contribution in [0.4, 0.5) is 0 Å². The molecule has 3 fully saturated rings. The summed E-state index contributed by atoms with van der Waals surface area (Å²) in [5.41, 5.74) is 2.56. The lowest BCUT2D eigenvalue weighted by molar-refractivity contribution is 0.000134. The van der Waals surface area contributed by atoms with E-state index in [4.69, 9.17) is 0 Å². The van der Waals surface area contributed by atoms with Crippen LogP contribution in [0, 0.1) is 29.1 Å². The third-order valence-electron chi connectivity index (χ3n) is 8.65. The van der Waals surface area contributed by atoms with Crippen LogP contribution in [0.25, 0.3) is 0 Å². The van der Waals surface area contributed by atoms with E-state index in [-0.39, 0.29) is 6.10 Å². The molecule has 0 spiro atoms. The molecule has 3 aliphatic rings. The topological polar surface area (TPSA) is 60.7 Å². The smallest absolute Gasteiger partial charge is 0.0616 e. The van der Waals surface area contributed by atoms with E-state index >= 15 is 0 Å². The van der Waals surface area contributed by atoms with E-state index in [0.717, 1.165) is 25.7 Å². The van der Waals surface area contributed by atoms with Gasteiger partial charge < -0.3 is 15.3 Å². The molecule has 3 heteroatoms. The molecule has 7 unspecified atom stereocenters. The first kappa shape index (κ1) is 24.0. The van der Waals surface area contributed by atoms with E-state index in [9.17, 15) is 15.3 Å². The van der Waals surface area contributed by atoms with Crippen molar-refractivity contribution in [2.45, 2.75) is 117 Å². The average molecular weight is 419 g/mol. The van der Waals surface area contributed by atoms with Crippen LogP contribution in [0.15, 0.2) is 23.3 Å². The summed E-state index contributed by atoms with van der Waals surface area (Å²) in [5, 5.41) is 30.6. The molecule has 0 aromatic heterocycles. The Hall–Kier alpha value is -0.640. The third kappa shape index (κ3) is 5.58. The Labute approximate surface area is 184 Å². The van der Waals surface area contributed by atoms with Crippen LogP contribution < -0.4 is 0 Å². The molecule has 0 aromatic rings. The van der Waals surface area contributed by atoms with E-state index in [1.54, 1.807) is 19.4 Å². The Morgan fingerprint density at radius 1 is 1.13 bits per heavy atom. The highest BCUT2D eigenvalue weighted by Crippen LogP contribution is 2.60. The molecule has 0 amide bonds. The quantitative estimate of drug-likeness (QED) is 0.512. The number of hydrogen-bond donors (Lipinski definition) is 3. The fourth-order valence-corrected chi connectivity index (χ4v) is 7.12. The summed E-state index contributed by atoms with van der Waals surface area (Å²) >= 11 is 0. The number of hydrogen-bond acceptors (Lipinski definition) is 3. The fourth-order valence-electron chi connectivity index (χ4n) is 7.12. The molecule has 0 radical (unpaired) electrons. The molecule has 3 aliphatic carbocycles. The number of aliphatic hydroxyl groups is 3. The first-order chi connectivity index (χ1) is 14.0. The maximum atomic E-state index is 10.5. The van der Waals surface area contributed by atoms with Crippen molar-refractivity contribution in [3.63, 3.8) is 0 Å². The Morgan fingerprint density at radius 3 is 2.53 bits per heavy atom. The van der Waals surface area contributed by atoms with Crippen molar-refractivity contribution in [1.82, 2.24) is 0 Å². The summed E-state index contributed by atoms with van der Waals surface area (Å²) in [4.78, 5) is 0. The number of rotatable bonds is 6. The molecule has 0 aromatic carbocycles. The minimum atomic E-state index is -0.806. The number of aliphatic hydroxyl groups excluding tert-OH is 2. The Morgan fingerprint density at radius 2 is 1.83 bits per heavy atom. The number of allylic oxidation sites excluding steroid dienone is 3. The first-order valence-electron chi connectivity index (χ1n) is 12.5. The van der Waals surface area contributed by atoms with Crippen LogP contribution in [0.5, 0.6) is 0 Å². The van der Waals surface area contributed by atoms with Crippen LogP contribution in [-0.2, 0) is 0 Å². The lowest BCUT2D eigenvalue weighted by Crippen LogP contribution is -2.37. The van der Waals surface area contributed by atoms with Gasteiger partial charge in [0.15, 0.2) is 0 Å². The normalized spacial score (nSPS) is 39.9. The molecule has 0 aliphatic heterocycles. The SMILES string of the molecule is CC1CCC(O)CC1=CC=C1CCCC2(C)C1CCC2C(C)CC(O)CC(C)(C)O. The Bertz CT molecular complexity index is 643. The fraction of sp³-hybridized carbons (Fsp3) is 0.852. The average Bonchev–Trinajstić information content (AvgIpc) is 2.98. The van der Waals surface area contributed by atoms with Crippen molar-refractivity contribution in [3.8, 4) is 0 Å². The minimum Gasteiger partial charge on any atom is -0.393 e. The highest BCUT2D eigenvalue weighted by Gasteiger charge is 2.50. The van der Waals surface area contributed by atoms with Crippen molar-refractivity contribution < 1.29 is 15.3 Å². The van der Waals surface area contributed by atoms with Gasteiger partial charge in [-0.25, -0.2) is 0 Å². The van der Waals surface area contributed by atoms with Gasteiger partial charge in [0, 0.05) is 6.42 Å². The lowest BCUT2D eigenvalue weighted by atomic mass is 9.60. The van der Waals surface area contributed by atoms with Crippen LogP contribution in [-0.4, -0.2) is 33.1 Å². The second-order valence-corrected chi connectivity index (χ2v) is 11.8. The molecule has 3 nitrogen and oxygen atoms in total. The highest BCUT2D eigenvalue weighted by molar-refractivity contribution is 5.26. The van der Waals surface area contributed by atoms with Gasteiger partial charge >= 0.3 is 0 Å². The van der Waals surface area contributed by atoms with Crippen molar-refractivity contribution in [3.05, 3.63) is 23.3 Å². The lowest BCUT2D eigenvalue weighted by Gasteiger charge is -2.44. The van der Waals surface area contributed by atoms with E-state index in [0.29, 0.717) is 35.5 Å². The van der Waals surface area contributed by atoms with Crippen molar-refractivity contribution in [1.29, 1.82) is 0 Å². The standard InChI is InChI=1S/C27H46O3/c1-18-8-11-22(28)16-21(18)10-9-20-7-6-14-27(5)24(12-13-25(20)27)19(2)15-23(29)17-26(3,4)30/h9-10,18-19,22-25,28-30H,6-8,11-17H2,1-5H3. The van der Waals surface area contributed by atoms with Crippen LogP contribution in [0.2, 0.25) is 0 Å². The van der Waals surface area contributed by atoms with E-state index in [1.807, 2.05) is 0 Å². The molecule has 7 atom stereocenters. The molecule has 172 valence electrons. The summed E-state index contributed by atoms with van der Waals surface area (Å²) in [7, 11) is 0. The highest BCUT2D eigenvalue weighted by atomic mass is 16.3. The predicted molar refractivity (Wildman–Crippen MR) is 124 cm³/mol. The molecule has 0 bridgehead atoms. The zero-order valence-corrected chi connectivity index (χ0v) is 20.0. The molecular formula is C27H46O3. The van der Waals surface area contributed by atoms with Crippen molar-refractivity contribution >= 4 is 0 Å². The third-order valence-corrected chi connectivity index (χ3v) is 8.65. The van der Waals surface area contributed by atoms with Crippen LogP contribution in [0.1, 0.15) is 98.8 Å². The second-order valence-electron chi connectivity index (χ2n) is 11.8. The van der Waals surface area contributed by atoms with Gasteiger partial charge in [-0.3, -0.25) is 0 Å². The second kappa shape index (κ2) is 9.46.